The molecule has 0 saturated carbocycles. The van der Waals surface area contributed by atoms with E-state index in [1.54, 1.807) is 0 Å². The summed E-state index contributed by atoms with van der Waals surface area (Å²) in [6, 6.07) is 55.7. The first kappa shape index (κ1) is 27.9. The molecule has 0 fully saturated rings. The van der Waals surface area contributed by atoms with Gasteiger partial charge in [-0.3, -0.25) is 0 Å². The lowest BCUT2D eigenvalue weighted by molar-refractivity contribution is 0.600. The molecule has 1 nitrogen and oxygen atoms in total. The van der Waals surface area contributed by atoms with Crippen molar-refractivity contribution in [2.24, 2.45) is 0 Å². The summed E-state index contributed by atoms with van der Waals surface area (Å²) in [5, 5.41) is 11.2. The molecule has 0 bridgehead atoms. The molecule has 9 aromatic rings. The summed E-state index contributed by atoms with van der Waals surface area (Å²) in [6.45, 7) is 0. The second-order valence-electron chi connectivity index (χ2n) is 13.1. The van der Waals surface area contributed by atoms with Crippen LogP contribution in [0.15, 0.2) is 174 Å². The van der Waals surface area contributed by atoms with Crippen molar-refractivity contribution in [3.8, 4) is 33.4 Å². The summed E-state index contributed by atoms with van der Waals surface area (Å²) in [6.07, 6.45) is 8.83. The highest BCUT2D eigenvalue weighted by Crippen LogP contribution is 2.47. The minimum absolute atomic E-state index is 0.920. The molecule has 0 spiro atoms. The van der Waals surface area contributed by atoms with Crippen molar-refractivity contribution in [2.45, 2.75) is 12.8 Å². The molecule has 1 aliphatic rings. The summed E-state index contributed by atoms with van der Waals surface area (Å²) in [5.41, 5.74) is 9.57. The van der Waals surface area contributed by atoms with Crippen LogP contribution in [0.3, 0.4) is 0 Å². The largest absolute Gasteiger partial charge is 0.456 e. The fourth-order valence-corrected chi connectivity index (χ4v) is 7.99. The molecule has 0 amide bonds. The van der Waals surface area contributed by atoms with Crippen molar-refractivity contribution in [1.82, 2.24) is 0 Å². The van der Waals surface area contributed by atoms with Crippen LogP contribution in [0.4, 0.5) is 0 Å². The van der Waals surface area contributed by atoms with Gasteiger partial charge in [0.2, 0.25) is 0 Å². The van der Waals surface area contributed by atoms with Gasteiger partial charge in [0.05, 0.1) is 0 Å². The number of benzene rings is 8. The van der Waals surface area contributed by atoms with Crippen LogP contribution in [0, 0.1) is 0 Å². The summed E-state index contributed by atoms with van der Waals surface area (Å²) in [7, 11) is 0. The molecule has 0 radical (unpaired) electrons. The molecule has 8 aromatic carbocycles. The third kappa shape index (κ3) is 4.54. The van der Waals surface area contributed by atoms with Crippen LogP contribution in [-0.2, 0) is 0 Å². The average molecular weight is 625 g/mol. The number of hydrogen-bond donors (Lipinski definition) is 0. The van der Waals surface area contributed by atoms with Crippen molar-refractivity contribution >= 4 is 59.6 Å². The van der Waals surface area contributed by atoms with E-state index in [0.717, 1.165) is 29.6 Å². The van der Waals surface area contributed by atoms with E-state index >= 15 is 0 Å². The summed E-state index contributed by atoms with van der Waals surface area (Å²) >= 11 is 0. The lowest BCUT2D eigenvalue weighted by Gasteiger charge is -2.20. The molecular formula is C48H32O. The van der Waals surface area contributed by atoms with Crippen LogP contribution < -0.4 is 0 Å². The van der Waals surface area contributed by atoms with Gasteiger partial charge in [-0.2, -0.15) is 0 Å². The second-order valence-corrected chi connectivity index (χ2v) is 13.1. The Balaban J connectivity index is 1.19. The minimum Gasteiger partial charge on any atom is -0.456 e. The maximum atomic E-state index is 6.29. The molecule has 230 valence electrons. The van der Waals surface area contributed by atoms with Crippen LogP contribution in [-0.4, -0.2) is 0 Å². The maximum absolute atomic E-state index is 6.29. The Hall–Kier alpha value is -6.18. The predicted molar refractivity (Wildman–Crippen MR) is 209 cm³/mol. The zero-order chi connectivity index (χ0) is 32.3. The van der Waals surface area contributed by atoms with Gasteiger partial charge in [-0.25, -0.2) is 0 Å². The number of furan rings is 1. The van der Waals surface area contributed by atoms with Gasteiger partial charge in [0.25, 0.3) is 0 Å². The molecule has 10 rings (SSSR count). The first-order chi connectivity index (χ1) is 24.3. The van der Waals surface area contributed by atoms with E-state index in [1.165, 1.54) is 82.0 Å². The first-order valence-corrected chi connectivity index (χ1v) is 17.2. The Bertz CT molecular complexity index is 2770. The Morgan fingerprint density at radius 2 is 1.00 bits per heavy atom. The van der Waals surface area contributed by atoms with Gasteiger partial charge < -0.3 is 4.42 Å². The fraction of sp³-hybridized carbons (Fsp3) is 0.0417. The number of rotatable bonds is 4. The highest BCUT2D eigenvalue weighted by Gasteiger charge is 2.19. The van der Waals surface area contributed by atoms with Gasteiger partial charge in [-0.05, 0) is 114 Å². The maximum Gasteiger partial charge on any atom is 0.135 e. The van der Waals surface area contributed by atoms with E-state index in [1.807, 2.05) is 0 Å². The molecule has 1 aliphatic carbocycles. The quantitative estimate of drug-likeness (QED) is 0.178. The van der Waals surface area contributed by atoms with Crippen molar-refractivity contribution in [3.05, 3.63) is 176 Å². The van der Waals surface area contributed by atoms with Crippen LogP contribution in [0.25, 0.3) is 93.0 Å². The molecular weight excluding hydrogens is 593 g/mol. The lowest BCUT2D eigenvalue weighted by atomic mass is 9.83. The molecule has 0 saturated heterocycles. The van der Waals surface area contributed by atoms with Crippen LogP contribution >= 0.6 is 0 Å². The Labute approximate surface area is 285 Å². The predicted octanol–water partition coefficient (Wildman–Crippen LogP) is 13.8. The van der Waals surface area contributed by atoms with Crippen molar-refractivity contribution in [1.29, 1.82) is 0 Å². The smallest absolute Gasteiger partial charge is 0.135 e. The fourth-order valence-electron chi connectivity index (χ4n) is 7.99. The minimum atomic E-state index is 0.920. The van der Waals surface area contributed by atoms with Crippen LogP contribution in [0.2, 0.25) is 0 Å². The highest BCUT2D eigenvalue weighted by molar-refractivity contribution is 6.24. The topological polar surface area (TPSA) is 13.1 Å². The van der Waals surface area contributed by atoms with E-state index in [2.05, 4.69) is 170 Å². The molecule has 1 heteroatoms. The van der Waals surface area contributed by atoms with E-state index in [9.17, 15) is 0 Å². The summed E-state index contributed by atoms with van der Waals surface area (Å²) in [4.78, 5) is 0. The standard InChI is InChI=1S/C48H32O/c1-2-13-32(14-3-1)46-30-36-29-34(24-27-45(36)49-46)37-25-26-44(39-17-7-6-16-38(37)39)48-42-20-10-8-18-40(42)47(41-19-9-11-21-43(41)48)35-23-22-31-12-4-5-15-33(31)28-35/h2,4-30H,1,3H2. The van der Waals surface area contributed by atoms with Gasteiger partial charge >= 0.3 is 0 Å². The summed E-state index contributed by atoms with van der Waals surface area (Å²) < 4.78 is 6.29. The van der Waals surface area contributed by atoms with E-state index < -0.39 is 0 Å². The van der Waals surface area contributed by atoms with E-state index in [4.69, 9.17) is 4.42 Å². The summed E-state index contributed by atoms with van der Waals surface area (Å²) in [5.74, 6) is 0.939. The van der Waals surface area contributed by atoms with Gasteiger partial charge in [-0.15, -0.1) is 0 Å². The Kier molecular flexibility index (Phi) is 6.38. The Morgan fingerprint density at radius 1 is 0.408 bits per heavy atom. The van der Waals surface area contributed by atoms with Crippen molar-refractivity contribution < 1.29 is 4.42 Å². The van der Waals surface area contributed by atoms with Gasteiger partial charge in [0.15, 0.2) is 0 Å². The molecule has 0 unspecified atom stereocenters. The van der Waals surface area contributed by atoms with Gasteiger partial charge in [0, 0.05) is 11.0 Å². The molecule has 0 aliphatic heterocycles. The normalized spacial score (nSPS) is 13.2. The molecule has 0 N–H and O–H groups in total. The molecule has 1 aromatic heterocycles. The van der Waals surface area contributed by atoms with Crippen LogP contribution in [0.5, 0.6) is 0 Å². The second kappa shape index (κ2) is 11.2. The number of fused-ring (bicyclic) bond motifs is 5. The zero-order valence-electron chi connectivity index (χ0n) is 27.0. The lowest BCUT2D eigenvalue weighted by Crippen LogP contribution is -1.92. The SMILES string of the molecule is C1=CC(c2cc3cc(-c4ccc(-c5c6ccccc6c(-c6ccc7ccccc7c6)c6ccccc56)c5ccccc45)ccc3o2)=CCC1. The van der Waals surface area contributed by atoms with Crippen molar-refractivity contribution in [2.75, 3.05) is 0 Å². The first-order valence-electron chi connectivity index (χ1n) is 17.2. The van der Waals surface area contributed by atoms with Crippen LogP contribution in [0.1, 0.15) is 18.6 Å². The monoisotopic (exact) mass is 624 g/mol. The van der Waals surface area contributed by atoms with E-state index in [-0.39, 0.29) is 0 Å². The molecule has 0 atom stereocenters. The number of hydrogen-bond acceptors (Lipinski definition) is 1. The Morgan fingerprint density at radius 3 is 1.71 bits per heavy atom. The third-order valence-corrected chi connectivity index (χ3v) is 10.3. The van der Waals surface area contributed by atoms with Crippen molar-refractivity contribution in [3.63, 3.8) is 0 Å². The van der Waals surface area contributed by atoms with Gasteiger partial charge in [0.1, 0.15) is 11.3 Å². The van der Waals surface area contributed by atoms with E-state index in [0.29, 0.717) is 0 Å². The highest BCUT2D eigenvalue weighted by atomic mass is 16.3. The zero-order valence-corrected chi connectivity index (χ0v) is 27.0. The number of allylic oxidation sites excluding steroid dienone is 4. The van der Waals surface area contributed by atoms with Gasteiger partial charge in [-0.1, -0.05) is 146 Å². The average Bonchev–Trinajstić information content (AvgIpc) is 3.61. The molecule has 49 heavy (non-hydrogen) atoms. The third-order valence-electron chi connectivity index (χ3n) is 10.3. The molecule has 1 heterocycles.